The van der Waals surface area contributed by atoms with E-state index in [0.717, 1.165) is 26.4 Å². The molecule has 2 bridgehead atoms. The van der Waals surface area contributed by atoms with Gasteiger partial charge in [-0.2, -0.15) is 0 Å². The van der Waals surface area contributed by atoms with Gasteiger partial charge in [-0.25, -0.2) is 0 Å². The minimum absolute atomic E-state index is 0.292. The zero-order valence-electron chi connectivity index (χ0n) is 8.69. The van der Waals surface area contributed by atoms with Crippen LogP contribution >= 0.6 is 0 Å². The molecule has 0 aliphatic carbocycles. The third-order valence-corrected chi connectivity index (χ3v) is 2.49. The summed E-state index contributed by atoms with van der Waals surface area (Å²) in [7, 11) is 0. The van der Waals surface area contributed by atoms with E-state index >= 15 is 0 Å². The number of hydrogen-bond donors (Lipinski definition) is 1. The maximum absolute atomic E-state index is 8.31. The highest BCUT2D eigenvalue weighted by Crippen LogP contribution is 2.13. The molecule has 0 radical (unpaired) electrons. The van der Waals surface area contributed by atoms with Crippen molar-refractivity contribution in [3.8, 4) is 0 Å². The predicted octanol–water partition coefficient (Wildman–Crippen LogP) is 1.34. The van der Waals surface area contributed by atoms with Crippen molar-refractivity contribution in [2.75, 3.05) is 19.8 Å². The quantitative estimate of drug-likeness (QED) is 0.757. The lowest BCUT2D eigenvalue weighted by Gasteiger charge is -2.22. The van der Waals surface area contributed by atoms with E-state index in [2.05, 4.69) is 24.3 Å². The number of hydrogen-bond acceptors (Lipinski definition) is 3. The predicted molar refractivity (Wildman–Crippen MR) is 56.3 cm³/mol. The van der Waals surface area contributed by atoms with Crippen molar-refractivity contribution < 1.29 is 14.6 Å². The summed E-state index contributed by atoms with van der Waals surface area (Å²) in [5, 5.41) is 8.31. The van der Waals surface area contributed by atoms with E-state index in [1.165, 1.54) is 11.1 Å². The molecule has 0 saturated carbocycles. The zero-order valence-corrected chi connectivity index (χ0v) is 8.69. The molecular weight excluding hydrogens is 192 g/mol. The fraction of sp³-hybridized carbons (Fsp3) is 0.500. The minimum atomic E-state index is 0.292. The Hall–Kier alpha value is -0.900. The molecule has 1 N–H and O–H groups in total. The van der Waals surface area contributed by atoms with Gasteiger partial charge in [0.05, 0.1) is 33.0 Å². The monoisotopic (exact) mass is 208 g/mol. The van der Waals surface area contributed by atoms with E-state index in [9.17, 15) is 0 Å². The van der Waals surface area contributed by atoms with E-state index in [1.54, 1.807) is 0 Å². The molecular formula is C12H16O3. The zero-order chi connectivity index (χ0) is 10.5. The number of rotatable bonds is 1. The fourth-order valence-corrected chi connectivity index (χ4v) is 1.49. The third-order valence-electron chi connectivity index (χ3n) is 2.49. The molecule has 0 unspecified atom stereocenters. The molecule has 3 nitrogen and oxygen atoms in total. The van der Waals surface area contributed by atoms with Gasteiger partial charge in [0.2, 0.25) is 0 Å². The summed E-state index contributed by atoms with van der Waals surface area (Å²) in [4.78, 5) is 0. The number of aliphatic hydroxyl groups excluding tert-OH is 1. The van der Waals surface area contributed by atoms with Crippen molar-refractivity contribution in [1.82, 2.24) is 0 Å². The largest absolute Gasteiger partial charge is 0.396 e. The molecule has 3 rings (SSSR count). The number of benzene rings is 1. The summed E-state index contributed by atoms with van der Waals surface area (Å²) in [6.45, 7) is 3.38. The number of fused-ring (bicyclic) bond motifs is 2. The van der Waals surface area contributed by atoms with Gasteiger partial charge in [-0.15, -0.1) is 0 Å². The van der Waals surface area contributed by atoms with Crippen molar-refractivity contribution in [3.05, 3.63) is 35.4 Å². The van der Waals surface area contributed by atoms with Crippen LogP contribution in [0.25, 0.3) is 0 Å². The molecule has 3 heteroatoms. The highest BCUT2D eigenvalue weighted by Gasteiger charge is 2.15. The smallest absolute Gasteiger partial charge is 0.0721 e. The average molecular weight is 208 g/mol. The molecule has 1 fully saturated rings. The van der Waals surface area contributed by atoms with E-state index in [-0.39, 0.29) is 0 Å². The van der Waals surface area contributed by atoms with Crippen LogP contribution in [0.1, 0.15) is 11.1 Å². The number of ether oxygens (including phenoxy) is 2. The Morgan fingerprint density at radius 3 is 2.13 bits per heavy atom. The maximum atomic E-state index is 8.31. The van der Waals surface area contributed by atoms with E-state index in [0.29, 0.717) is 12.5 Å². The fourth-order valence-electron chi connectivity index (χ4n) is 1.49. The average Bonchev–Trinajstić information content (AvgIpc) is 2.17. The standard InChI is InChI=1S/C8H8O.C4H8O2/c1-2-7-4-8(3-1)6-9-5-7;5-1-4-2-6-3-4/h1-4H,5-6H2;4-5H,1-3H2. The Morgan fingerprint density at radius 2 is 1.80 bits per heavy atom. The van der Waals surface area contributed by atoms with E-state index < -0.39 is 0 Å². The molecule has 82 valence electrons. The molecule has 0 amide bonds. The first kappa shape index (κ1) is 10.6. The van der Waals surface area contributed by atoms with Gasteiger partial charge in [0.1, 0.15) is 0 Å². The van der Waals surface area contributed by atoms with Gasteiger partial charge in [-0.3, -0.25) is 0 Å². The van der Waals surface area contributed by atoms with Crippen LogP contribution < -0.4 is 0 Å². The lowest BCUT2D eigenvalue weighted by molar-refractivity contribution is -0.0554. The molecule has 0 atom stereocenters. The van der Waals surface area contributed by atoms with Crippen LogP contribution in [0.2, 0.25) is 0 Å². The molecule has 1 aromatic carbocycles. The summed E-state index contributed by atoms with van der Waals surface area (Å²) >= 11 is 0. The molecule has 0 spiro atoms. The number of aliphatic hydroxyl groups is 1. The van der Waals surface area contributed by atoms with Crippen molar-refractivity contribution >= 4 is 0 Å². The second-order valence-electron chi connectivity index (χ2n) is 3.90. The van der Waals surface area contributed by atoms with Crippen LogP contribution in [0.4, 0.5) is 0 Å². The Morgan fingerprint density at radius 1 is 1.13 bits per heavy atom. The molecule has 1 aromatic rings. The minimum Gasteiger partial charge on any atom is -0.396 e. The van der Waals surface area contributed by atoms with Gasteiger partial charge in [-0.05, 0) is 11.1 Å². The van der Waals surface area contributed by atoms with E-state index in [4.69, 9.17) is 14.6 Å². The summed E-state index contributed by atoms with van der Waals surface area (Å²) < 4.78 is 10.0. The Balaban J connectivity index is 0.000000124. The molecule has 15 heavy (non-hydrogen) atoms. The van der Waals surface area contributed by atoms with Crippen molar-refractivity contribution in [1.29, 1.82) is 0 Å². The van der Waals surface area contributed by atoms with Gasteiger partial charge in [0.15, 0.2) is 0 Å². The molecule has 0 aromatic heterocycles. The van der Waals surface area contributed by atoms with Gasteiger partial charge < -0.3 is 14.6 Å². The second kappa shape index (κ2) is 5.26. The lowest BCUT2D eigenvalue weighted by atomic mass is 10.1. The van der Waals surface area contributed by atoms with Crippen LogP contribution in [0.3, 0.4) is 0 Å². The lowest BCUT2D eigenvalue weighted by Crippen LogP contribution is -2.30. The first-order chi connectivity index (χ1) is 7.38. The molecule has 2 aliphatic rings. The summed E-state index contributed by atoms with van der Waals surface area (Å²) in [6.07, 6.45) is 0. The van der Waals surface area contributed by atoms with Crippen LogP contribution in [-0.4, -0.2) is 24.9 Å². The first-order valence-corrected chi connectivity index (χ1v) is 5.22. The third kappa shape index (κ3) is 3.02. The van der Waals surface area contributed by atoms with Gasteiger partial charge in [0, 0.05) is 5.92 Å². The summed E-state index contributed by atoms with van der Waals surface area (Å²) in [6, 6.07) is 8.43. The highest BCUT2D eigenvalue weighted by molar-refractivity contribution is 5.23. The van der Waals surface area contributed by atoms with Crippen LogP contribution in [0, 0.1) is 5.92 Å². The topological polar surface area (TPSA) is 38.7 Å². The molecule has 2 heterocycles. The van der Waals surface area contributed by atoms with Gasteiger partial charge in [-0.1, -0.05) is 24.3 Å². The normalized spacial score (nSPS) is 18.7. The van der Waals surface area contributed by atoms with Crippen LogP contribution in [-0.2, 0) is 22.7 Å². The molecule has 2 aliphatic heterocycles. The van der Waals surface area contributed by atoms with E-state index in [1.807, 2.05) is 0 Å². The second-order valence-corrected chi connectivity index (χ2v) is 3.90. The van der Waals surface area contributed by atoms with Crippen molar-refractivity contribution in [3.63, 3.8) is 0 Å². The van der Waals surface area contributed by atoms with Crippen LogP contribution in [0.5, 0.6) is 0 Å². The van der Waals surface area contributed by atoms with Gasteiger partial charge in [0.25, 0.3) is 0 Å². The summed E-state index contributed by atoms with van der Waals surface area (Å²) in [5.74, 6) is 0.449. The SMILES string of the molecule is OCC1COC1.c1cc2cc(c1)COC2. The Kier molecular flexibility index (Phi) is 3.72. The first-order valence-electron chi connectivity index (χ1n) is 5.22. The van der Waals surface area contributed by atoms with Gasteiger partial charge >= 0.3 is 0 Å². The highest BCUT2D eigenvalue weighted by atomic mass is 16.5. The maximum Gasteiger partial charge on any atom is 0.0721 e. The van der Waals surface area contributed by atoms with Crippen molar-refractivity contribution in [2.24, 2.45) is 5.92 Å². The summed E-state index contributed by atoms with van der Waals surface area (Å²) in [5.41, 5.74) is 2.58. The molecule has 1 saturated heterocycles. The van der Waals surface area contributed by atoms with Crippen LogP contribution in [0.15, 0.2) is 24.3 Å². The Labute approximate surface area is 89.6 Å². The Bertz CT molecular complexity index is 285. The van der Waals surface area contributed by atoms with Crippen molar-refractivity contribution in [2.45, 2.75) is 13.2 Å².